The van der Waals surface area contributed by atoms with Gasteiger partial charge < -0.3 is 50.9 Å². The van der Waals surface area contributed by atoms with Gasteiger partial charge >= 0.3 is 23.5 Å². The second kappa shape index (κ2) is 18.3. The lowest BCUT2D eigenvalue weighted by molar-refractivity contribution is -0.137. The number of aliphatic hydroxyl groups is 2. The number of thioether (sulfide) groups is 1. The van der Waals surface area contributed by atoms with E-state index in [-0.39, 0.29) is 41.6 Å². The summed E-state index contributed by atoms with van der Waals surface area (Å²) in [5, 5.41) is 26.0. The number of aromatic nitrogens is 4. The molecule has 10 N–H and O–H groups in total. The molecule has 1 aliphatic heterocycles. The SMILES string of the molecule is C=C(C)C(=O)SCCNC(=O)CCNC(=O)C(O)C(C)(C)COP(=O)(O)OP(=O)(O)OC[C@H]1O[C@@H](n2cnc3c(N)ncnc32)[C@H](O)[C@@H]1OP(=O)(O)O. The number of amides is 2. The Bertz CT molecular complexity index is 1810. The Morgan fingerprint density at radius 2 is 1.75 bits per heavy atom. The Morgan fingerprint density at radius 3 is 2.40 bits per heavy atom. The van der Waals surface area contributed by atoms with E-state index in [4.69, 9.17) is 19.5 Å². The van der Waals surface area contributed by atoms with E-state index in [2.05, 4.69) is 41.0 Å². The molecule has 0 bridgehead atoms. The molecule has 0 aliphatic carbocycles. The van der Waals surface area contributed by atoms with Gasteiger partial charge in [-0.05, 0) is 12.5 Å². The van der Waals surface area contributed by atoms with Crippen LogP contribution in [0.15, 0.2) is 24.8 Å². The molecule has 3 heterocycles. The van der Waals surface area contributed by atoms with E-state index in [0.29, 0.717) is 11.3 Å². The van der Waals surface area contributed by atoms with Crippen LogP contribution in [0.4, 0.5) is 5.82 Å². The van der Waals surface area contributed by atoms with E-state index >= 15 is 0 Å². The number of nitrogens with one attached hydrogen (secondary N) is 2. The summed E-state index contributed by atoms with van der Waals surface area (Å²) in [5.74, 6) is -1.17. The number of rotatable bonds is 20. The number of phosphoric ester groups is 3. The molecule has 0 radical (unpaired) electrons. The fraction of sp³-hybridized carbons (Fsp3) is 0.600. The van der Waals surface area contributed by atoms with E-state index in [0.717, 1.165) is 29.0 Å². The zero-order valence-electron chi connectivity index (χ0n) is 28.3. The quantitative estimate of drug-likeness (QED) is 0.0449. The van der Waals surface area contributed by atoms with Crippen molar-refractivity contribution in [1.29, 1.82) is 0 Å². The zero-order chi connectivity index (χ0) is 39.9. The minimum Gasteiger partial charge on any atom is -0.386 e. The number of fused-ring (bicyclic) bond motifs is 1. The number of nitrogens with zero attached hydrogens (tertiary/aromatic N) is 4. The minimum atomic E-state index is -5.57. The van der Waals surface area contributed by atoms with E-state index in [1.54, 1.807) is 6.92 Å². The van der Waals surface area contributed by atoms with Gasteiger partial charge in [0, 0.05) is 30.7 Å². The smallest absolute Gasteiger partial charge is 0.386 e. The number of nitrogen functional groups attached to an aromatic ring is 1. The third-order valence-electron chi connectivity index (χ3n) is 7.08. The normalized spacial score (nSPS) is 22.1. The molecule has 2 amide bonds. The molecule has 2 aromatic heterocycles. The lowest BCUT2D eigenvalue weighted by Crippen LogP contribution is -2.46. The van der Waals surface area contributed by atoms with Gasteiger partial charge in [-0.25, -0.2) is 28.6 Å². The highest BCUT2D eigenvalue weighted by Gasteiger charge is 2.50. The third-order valence-corrected chi connectivity index (χ3v) is 11.2. The van der Waals surface area contributed by atoms with Crippen molar-refractivity contribution >= 4 is 69.1 Å². The summed E-state index contributed by atoms with van der Waals surface area (Å²) in [6.07, 6.45) is -6.93. The number of anilines is 1. The van der Waals surface area contributed by atoms with Crippen molar-refractivity contribution in [1.82, 2.24) is 30.2 Å². The molecule has 0 spiro atoms. The molecule has 1 fully saturated rings. The molecule has 298 valence electrons. The van der Waals surface area contributed by atoms with Crippen LogP contribution < -0.4 is 16.4 Å². The van der Waals surface area contributed by atoms with E-state index < -0.39 is 84.6 Å². The molecule has 1 aliphatic rings. The first-order chi connectivity index (χ1) is 24.4. The van der Waals surface area contributed by atoms with Crippen molar-refractivity contribution in [2.24, 2.45) is 5.41 Å². The lowest BCUT2D eigenvalue weighted by Gasteiger charge is -2.30. The topological polar surface area (TPSA) is 364 Å². The second-order valence-electron chi connectivity index (χ2n) is 12.0. The maximum absolute atomic E-state index is 12.6. The summed E-state index contributed by atoms with van der Waals surface area (Å²) in [6, 6.07) is 0. The summed E-state index contributed by atoms with van der Waals surface area (Å²) < 4.78 is 61.9. The summed E-state index contributed by atoms with van der Waals surface area (Å²) in [4.78, 5) is 86.8. The van der Waals surface area contributed by atoms with Crippen LogP contribution in [0.1, 0.15) is 33.4 Å². The lowest BCUT2D eigenvalue weighted by atomic mass is 9.87. The molecule has 2 aromatic rings. The molecule has 24 nitrogen and oxygen atoms in total. The predicted octanol–water partition coefficient (Wildman–Crippen LogP) is -0.759. The van der Waals surface area contributed by atoms with Gasteiger partial charge in [0.25, 0.3) is 0 Å². The van der Waals surface area contributed by atoms with Crippen molar-refractivity contribution in [3.05, 3.63) is 24.8 Å². The van der Waals surface area contributed by atoms with Gasteiger partial charge in [-0.2, -0.15) is 4.31 Å². The Hall–Kier alpha value is -2.70. The average molecular weight is 836 g/mol. The van der Waals surface area contributed by atoms with Gasteiger partial charge in [-0.15, -0.1) is 0 Å². The molecule has 0 saturated carbocycles. The molecular formula is C25H40N7O17P3S. The Labute approximate surface area is 305 Å². The highest BCUT2D eigenvalue weighted by atomic mass is 32.2. The molecule has 53 heavy (non-hydrogen) atoms. The summed E-state index contributed by atoms with van der Waals surface area (Å²) in [5.41, 5.74) is 4.62. The third kappa shape index (κ3) is 13.2. The van der Waals surface area contributed by atoms with Crippen molar-refractivity contribution in [3.8, 4) is 0 Å². The number of ether oxygens (including phenoxy) is 1. The largest absolute Gasteiger partial charge is 0.481 e. The number of carbonyl (C=O) groups excluding carboxylic acids is 3. The molecule has 3 rings (SSSR count). The van der Waals surface area contributed by atoms with Crippen LogP contribution in [0.25, 0.3) is 11.2 Å². The summed E-state index contributed by atoms with van der Waals surface area (Å²) >= 11 is 0.979. The highest BCUT2D eigenvalue weighted by molar-refractivity contribution is 8.14. The van der Waals surface area contributed by atoms with Gasteiger partial charge in [0.1, 0.15) is 36.3 Å². The number of hydrogen-bond donors (Lipinski definition) is 9. The molecule has 28 heteroatoms. The summed E-state index contributed by atoms with van der Waals surface area (Å²) in [7, 11) is -16.4. The second-order valence-corrected chi connectivity index (χ2v) is 17.3. The first kappa shape index (κ1) is 44.7. The predicted molar refractivity (Wildman–Crippen MR) is 182 cm³/mol. The van der Waals surface area contributed by atoms with Gasteiger partial charge in [0.2, 0.25) is 16.9 Å². The van der Waals surface area contributed by atoms with Crippen molar-refractivity contribution in [3.63, 3.8) is 0 Å². The molecule has 7 atom stereocenters. The van der Waals surface area contributed by atoms with E-state index in [9.17, 15) is 57.9 Å². The van der Waals surface area contributed by atoms with Gasteiger partial charge in [0.05, 0.1) is 19.5 Å². The van der Waals surface area contributed by atoms with E-state index in [1.165, 1.54) is 13.8 Å². The molecule has 1 saturated heterocycles. The van der Waals surface area contributed by atoms with Gasteiger partial charge in [0.15, 0.2) is 17.7 Å². The van der Waals surface area contributed by atoms with Crippen LogP contribution in [0, 0.1) is 5.41 Å². The monoisotopic (exact) mass is 835 g/mol. The van der Waals surface area contributed by atoms with Gasteiger partial charge in [-0.3, -0.25) is 32.5 Å². The number of imidazole rings is 1. The van der Waals surface area contributed by atoms with Crippen LogP contribution in [0.3, 0.4) is 0 Å². The number of hydrogen-bond acceptors (Lipinski definition) is 18. The summed E-state index contributed by atoms with van der Waals surface area (Å²) in [6.45, 7) is 5.52. The van der Waals surface area contributed by atoms with Crippen LogP contribution in [0.5, 0.6) is 0 Å². The van der Waals surface area contributed by atoms with Gasteiger partial charge in [-0.1, -0.05) is 32.2 Å². The first-order valence-corrected chi connectivity index (χ1v) is 20.7. The van der Waals surface area contributed by atoms with Crippen LogP contribution >= 0.6 is 35.2 Å². The molecular weight excluding hydrogens is 795 g/mol. The van der Waals surface area contributed by atoms with Crippen LogP contribution in [0.2, 0.25) is 0 Å². The van der Waals surface area contributed by atoms with Crippen molar-refractivity contribution in [2.75, 3.05) is 37.8 Å². The number of carbonyl (C=O) groups is 3. The average Bonchev–Trinajstić information content (AvgIpc) is 3.60. The minimum absolute atomic E-state index is 0.0291. The van der Waals surface area contributed by atoms with Crippen molar-refractivity contribution < 1.29 is 80.5 Å². The zero-order valence-corrected chi connectivity index (χ0v) is 31.8. The Morgan fingerprint density at radius 1 is 1.09 bits per heavy atom. The number of aliphatic hydroxyl groups excluding tert-OH is 2. The first-order valence-electron chi connectivity index (χ1n) is 15.1. The van der Waals surface area contributed by atoms with Crippen molar-refractivity contribution in [2.45, 2.75) is 57.8 Å². The fourth-order valence-corrected chi connectivity index (χ4v) is 7.86. The van der Waals surface area contributed by atoms with E-state index in [1.807, 2.05) is 0 Å². The van der Waals surface area contributed by atoms with Crippen LogP contribution in [-0.4, -0.2) is 123 Å². The fourth-order valence-electron chi connectivity index (χ4n) is 4.40. The maximum atomic E-state index is 12.6. The Kier molecular flexibility index (Phi) is 15.4. The Balaban J connectivity index is 1.53. The highest BCUT2D eigenvalue weighted by Crippen LogP contribution is 2.61. The number of phosphoric acid groups is 3. The standard InChI is InChI=1S/C25H40N7O17P3S/c1-13(2)24(37)53-8-7-27-15(33)5-6-28-22(36)19(35)25(3,4)10-46-52(43,44)49-51(41,42)45-9-14-18(48-50(38,39)40)17(34)23(47-14)32-12-31-16-20(26)29-11-30-21(16)32/h11-12,14,17-19,23,34-35H,1,5-10H2,2-4H3,(H,27,33)(H,28,36)(H,41,42)(H,43,44)(H2,26,29,30)(H2,38,39,40)/t14-,17-,18-,19?,23-/m1/s1. The van der Waals surface area contributed by atoms with Crippen LogP contribution in [-0.2, 0) is 50.7 Å². The number of nitrogens with two attached hydrogens (primary N) is 1. The maximum Gasteiger partial charge on any atom is 0.481 e. The molecule has 0 aromatic carbocycles. The molecule has 3 unspecified atom stereocenters.